The summed E-state index contributed by atoms with van der Waals surface area (Å²) in [6.45, 7) is 2.20. The lowest BCUT2D eigenvalue weighted by molar-refractivity contribution is -0.137. The average molecular weight is 285 g/mol. The average Bonchev–Trinajstić information content (AvgIpc) is 2.38. The van der Waals surface area contributed by atoms with Crippen LogP contribution >= 0.6 is 0 Å². The van der Waals surface area contributed by atoms with E-state index < -0.39 is 11.7 Å². The third-order valence-corrected chi connectivity index (χ3v) is 3.63. The van der Waals surface area contributed by atoms with Crippen LogP contribution in [0, 0.1) is 11.3 Å². The molecule has 110 valence electrons. The number of hydrogen-bond acceptors (Lipinski definition) is 2. The maximum Gasteiger partial charge on any atom is 0.416 e. The van der Waals surface area contributed by atoms with Crippen LogP contribution in [-0.2, 0) is 12.7 Å². The summed E-state index contributed by atoms with van der Waals surface area (Å²) in [6.07, 6.45) is -2.41. The molecule has 1 heterocycles. The summed E-state index contributed by atoms with van der Waals surface area (Å²) in [5.74, 6) is 0.264. The monoisotopic (exact) mass is 285 g/mol. The number of nitrogens with two attached hydrogens (primary N) is 1. The van der Waals surface area contributed by atoms with Crippen molar-refractivity contribution >= 4 is 5.84 Å². The second kappa shape index (κ2) is 5.83. The SMILES string of the molecule is N=C(N)C1CCCN(Cc2ccc(C(F)(F)F)cc2)C1. The summed E-state index contributed by atoms with van der Waals surface area (Å²) >= 11 is 0. The van der Waals surface area contributed by atoms with Gasteiger partial charge in [0, 0.05) is 19.0 Å². The zero-order valence-electron chi connectivity index (χ0n) is 11.1. The van der Waals surface area contributed by atoms with Crippen LogP contribution in [0.1, 0.15) is 24.0 Å². The number of nitrogens with zero attached hydrogens (tertiary/aromatic N) is 1. The van der Waals surface area contributed by atoms with Crippen LogP contribution in [0.2, 0.25) is 0 Å². The standard InChI is InChI=1S/C14H18F3N3/c15-14(16,17)12-5-3-10(4-6-12)8-20-7-1-2-11(9-20)13(18)19/h3-6,11H,1-2,7-9H2,(H3,18,19). The summed E-state index contributed by atoms with van der Waals surface area (Å²) in [5, 5.41) is 7.48. The molecule has 3 N–H and O–H groups in total. The topological polar surface area (TPSA) is 53.1 Å². The Kier molecular flexibility index (Phi) is 4.32. The van der Waals surface area contributed by atoms with E-state index in [0.29, 0.717) is 13.1 Å². The minimum absolute atomic E-state index is 0.0678. The first-order valence-electron chi connectivity index (χ1n) is 6.58. The van der Waals surface area contributed by atoms with Gasteiger partial charge in [-0.05, 0) is 37.1 Å². The second-order valence-corrected chi connectivity index (χ2v) is 5.22. The lowest BCUT2D eigenvalue weighted by atomic mass is 9.96. The number of rotatable bonds is 3. The smallest absolute Gasteiger partial charge is 0.387 e. The van der Waals surface area contributed by atoms with Gasteiger partial charge in [0.15, 0.2) is 0 Å². The van der Waals surface area contributed by atoms with Gasteiger partial charge in [-0.15, -0.1) is 0 Å². The van der Waals surface area contributed by atoms with Crippen molar-refractivity contribution in [3.05, 3.63) is 35.4 Å². The van der Waals surface area contributed by atoms with Gasteiger partial charge in [-0.3, -0.25) is 10.3 Å². The van der Waals surface area contributed by atoms with Crippen LogP contribution in [0.4, 0.5) is 13.2 Å². The molecule has 1 atom stereocenters. The maximum absolute atomic E-state index is 12.5. The zero-order chi connectivity index (χ0) is 14.8. The van der Waals surface area contributed by atoms with Gasteiger partial charge in [-0.2, -0.15) is 13.2 Å². The molecule has 3 nitrogen and oxygen atoms in total. The molecule has 0 bridgehead atoms. The van der Waals surface area contributed by atoms with E-state index in [-0.39, 0.29) is 11.8 Å². The zero-order valence-corrected chi connectivity index (χ0v) is 11.1. The highest BCUT2D eigenvalue weighted by atomic mass is 19.4. The van der Waals surface area contributed by atoms with Crippen LogP contribution in [0.15, 0.2) is 24.3 Å². The highest BCUT2D eigenvalue weighted by molar-refractivity contribution is 5.79. The third kappa shape index (κ3) is 3.72. The molecule has 0 saturated carbocycles. The van der Waals surface area contributed by atoms with Gasteiger partial charge in [0.1, 0.15) is 0 Å². The predicted molar refractivity (Wildman–Crippen MR) is 71.4 cm³/mol. The van der Waals surface area contributed by atoms with Gasteiger partial charge >= 0.3 is 6.18 Å². The predicted octanol–water partition coefficient (Wildman–Crippen LogP) is 2.85. The van der Waals surface area contributed by atoms with E-state index >= 15 is 0 Å². The normalized spacial score (nSPS) is 20.9. The van der Waals surface area contributed by atoms with Crippen LogP contribution in [0.5, 0.6) is 0 Å². The molecule has 6 heteroatoms. The van der Waals surface area contributed by atoms with Crippen molar-refractivity contribution < 1.29 is 13.2 Å². The molecule has 1 aromatic carbocycles. The molecule has 2 rings (SSSR count). The second-order valence-electron chi connectivity index (χ2n) is 5.22. The minimum atomic E-state index is -4.29. The quantitative estimate of drug-likeness (QED) is 0.663. The Morgan fingerprint density at radius 2 is 1.95 bits per heavy atom. The molecule has 20 heavy (non-hydrogen) atoms. The number of alkyl halides is 3. The number of hydrogen-bond donors (Lipinski definition) is 2. The summed E-state index contributed by atoms with van der Waals surface area (Å²) in [7, 11) is 0. The fourth-order valence-corrected chi connectivity index (χ4v) is 2.51. The Balaban J connectivity index is 1.98. The molecule has 1 aromatic rings. The van der Waals surface area contributed by atoms with Gasteiger partial charge in [-0.1, -0.05) is 12.1 Å². The number of amidine groups is 1. The molecule has 0 amide bonds. The summed E-state index contributed by atoms with van der Waals surface area (Å²) in [5.41, 5.74) is 5.75. The van der Waals surface area contributed by atoms with E-state index in [1.807, 2.05) is 0 Å². The van der Waals surface area contributed by atoms with Crippen molar-refractivity contribution in [1.82, 2.24) is 4.90 Å². The molecular formula is C14H18F3N3. The van der Waals surface area contributed by atoms with Crippen molar-refractivity contribution in [1.29, 1.82) is 5.41 Å². The molecule has 0 aliphatic carbocycles. The van der Waals surface area contributed by atoms with Crippen LogP contribution in [0.3, 0.4) is 0 Å². The first-order chi connectivity index (χ1) is 9.36. The van der Waals surface area contributed by atoms with Crippen molar-refractivity contribution in [2.45, 2.75) is 25.6 Å². The van der Waals surface area contributed by atoms with Crippen molar-refractivity contribution in [2.24, 2.45) is 11.7 Å². The maximum atomic E-state index is 12.5. The number of halogens is 3. The van der Waals surface area contributed by atoms with E-state index in [2.05, 4.69) is 4.90 Å². The van der Waals surface area contributed by atoms with Crippen molar-refractivity contribution in [3.8, 4) is 0 Å². The van der Waals surface area contributed by atoms with E-state index in [1.165, 1.54) is 12.1 Å². The first-order valence-corrected chi connectivity index (χ1v) is 6.58. The number of piperidine rings is 1. The lowest BCUT2D eigenvalue weighted by Gasteiger charge is -2.32. The van der Waals surface area contributed by atoms with E-state index in [0.717, 1.165) is 37.1 Å². The summed E-state index contributed by atoms with van der Waals surface area (Å²) in [6, 6.07) is 5.25. The Bertz CT molecular complexity index is 468. The lowest BCUT2D eigenvalue weighted by Crippen LogP contribution is -2.40. The van der Waals surface area contributed by atoms with Crippen LogP contribution < -0.4 is 5.73 Å². The molecule has 1 unspecified atom stereocenters. The summed E-state index contributed by atoms with van der Waals surface area (Å²) in [4.78, 5) is 2.14. The molecule has 1 aliphatic heterocycles. The molecule has 1 saturated heterocycles. The number of likely N-dealkylation sites (tertiary alicyclic amines) is 1. The Morgan fingerprint density at radius 1 is 1.30 bits per heavy atom. The summed E-state index contributed by atoms with van der Waals surface area (Å²) < 4.78 is 37.4. The van der Waals surface area contributed by atoms with Crippen LogP contribution in [-0.4, -0.2) is 23.8 Å². The van der Waals surface area contributed by atoms with Gasteiger partial charge in [-0.25, -0.2) is 0 Å². The number of nitrogens with one attached hydrogen (secondary N) is 1. The highest BCUT2D eigenvalue weighted by Gasteiger charge is 2.30. The third-order valence-electron chi connectivity index (χ3n) is 3.63. The first kappa shape index (κ1) is 14.8. The molecule has 1 fully saturated rings. The molecular weight excluding hydrogens is 267 g/mol. The fourth-order valence-electron chi connectivity index (χ4n) is 2.51. The highest BCUT2D eigenvalue weighted by Crippen LogP contribution is 2.29. The van der Waals surface area contributed by atoms with E-state index in [4.69, 9.17) is 11.1 Å². The molecule has 0 radical (unpaired) electrons. The molecule has 0 spiro atoms. The van der Waals surface area contributed by atoms with Crippen molar-refractivity contribution in [2.75, 3.05) is 13.1 Å². The fraction of sp³-hybridized carbons (Fsp3) is 0.500. The Morgan fingerprint density at radius 3 is 2.50 bits per heavy atom. The van der Waals surface area contributed by atoms with E-state index in [1.54, 1.807) is 0 Å². The van der Waals surface area contributed by atoms with E-state index in [9.17, 15) is 13.2 Å². The minimum Gasteiger partial charge on any atom is -0.387 e. The van der Waals surface area contributed by atoms with Gasteiger partial charge in [0.05, 0.1) is 11.4 Å². The van der Waals surface area contributed by atoms with Gasteiger partial charge in [0.2, 0.25) is 0 Å². The Hall–Kier alpha value is -1.56. The number of benzene rings is 1. The van der Waals surface area contributed by atoms with Crippen LogP contribution in [0.25, 0.3) is 0 Å². The van der Waals surface area contributed by atoms with Gasteiger partial charge in [0.25, 0.3) is 0 Å². The largest absolute Gasteiger partial charge is 0.416 e. The Labute approximate surface area is 116 Å². The van der Waals surface area contributed by atoms with Crippen molar-refractivity contribution in [3.63, 3.8) is 0 Å². The molecule has 1 aliphatic rings. The van der Waals surface area contributed by atoms with Gasteiger partial charge < -0.3 is 5.73 Å². The molecule has 0 aromatic heterocycles.